The van der Waals surface area contributed by atoms with E-state index in [2.05, 4.69) is 15.2 Å². The molecule has 1 aliphatic heterocycles. The molecule has 0 amide bonds. The highest BCUT2D eigenvalue weighted by Gasteiger charge is 2.40. The third-order valence-corrected chi connectivity index (χ3v) is 5.51. The highest BCUT2D eigenvalue weighted by atomic mass is 16.4. The van der Waals surface area contributed by atoms with Crippen LogP contribution < -0.4 is 5.32 Å². The average Bonchev–Trinajstić information content (AvgIpc) is 3.20. The van der Waals surface area contributed by atoms with Crippen molar-refractivity contribution in [2.45, 2.75) is 51.0 Å². The minimum absolute atomic E-state index is 0.386. The van der Waals surface area contributed by atoms with Gasteiger partial charge in [0.1, 0.15) is 11.4 Å². The Hall–Kier alpha value is -1.49. The number of hydrogen-bond donors (Lipinski definition) is 2. The molecule has 0 radical (unpaired) electrons. The van der Waals surface area contributed by atoms with Crippen molar-refractivity contribution in [3.63, 3.8) is 0 Å². The summed E-state index contributed by atoms with van der Waals surface area (Å²) in [6.07, 6.45) is 9.68. The lowest BCUT2D eigenvalue weighted by molar-refractivity contribution is 0.0380. The Morgan fingerprint density at radius 2 is 2.17 bits per heavy atom. The van der Waals surface area contributed by atoms with E-state index < -0.39 is 5.60 Å². The van der Waals surface area contributed by atoms with Gasteiger partial charge in [0.25, 0.3) is 0 Å². The summed E-state index contributed by atoms with van der Waals surface area (Å²) < 4.78 is 5.34. The second-order valence-electron chi connectivity index (χ2n) is 7.38. The second kappa shape index (κ2) is 6.56. The molecule has 1 aliphatic carbocycles. The van der Waals surface area contributed by atoms with Gasteiger partial charge in [-0.3, -0.25) is 4.99 Å². The van der Waals surface area contributed by atoms with Gasteiger partial charge in [-0.05, 0) is 43.7 Å². The van der Waals surface area contributed by atoms with Crippen molar-refractivity contribution in [3.8, 4) is 0 Å². The third kappa shape index (κ3) is 3.55. The van der Waals surface area contributed by atoms with E-state index in [4.69, 9.17) is 4.42 Å². The molecule has 1 saturated carbocycles. The highest BCUT2D eigenvalue weighted by Crippen LogP contribution is 2.43. The summed E-state index contributed by atoms with van der Waals surface area (Å²) >= 11 is 0. The van der Waals surface area contributed by atoms with Crippen molar-refractivity contribution in [2.75, 3.05) is 26.7 Å². The molecule has 2 heterocycles. The van der Waals surface area contributed by atoms with Crippen molar-refractivity contribution in [2.24, 2.45) is 10.4 Å². The van der Waals surface area contributed by atoms with E-state index in [9.17, 15) is 5.11 Å². The van der Waals surface area contributed by atoms with Crippen LogP contribution in [0.25, 0.3) is 0 Å². The summed E-state index contributed by atoms with van der Waals surface area (Å²) in [5, 5.41) is 13.9. The molecule has 2 fully saturated rings. The van der Waals surface area contributed by atoms with Gasteiger partial charge in [-0.25, -0.2) is 0 Å². The number of aliphatic imine (C=N–C) groups is 1. The van der Waals surface area contributed by atoms with Crippen LogP contribution in [0.1, 0.15) is 51.2 Å². The normalized spacial score (nSPS) is 24.0. The van der Waals surface area contributed by atoms with Gasteiger partial charge in [0.05, 0.1) is 12.8 Å². The summed E-state index contributed by atoms with van der Waals surface area (Å²) in [7, 11) is 1.82. The summed E-state index contributed by atoms with van der Waals surface area (Å²) in [6, 6.07) is 3.60. The van der Waals surface area contributed by atoms with E-state index in [1.165, 1.54) is 38.5 Å². The first-order valence-electron chi connectivity index (χ1n) is 8.77. The Balaban J connectivity index is 1.59. The maximum Gasteiger partial charge on any atom is 0.193 e. The molecule has 5 heteroatoms. The zero-order valence-electron chi connectivity index (χ0n) is 14.3. The first-order valence-corrected chi connectivity index (χ1v) is 8.77. The lowest BCUT2D eigenvalue weighted by Gasteiger charge is -2.34. The predicted octanol–water partition coefficient (Wildman–Crippen LogP) is 2.72. The average molecular weight is 319 g/mol. The molecule has 1 unspecified atom stereocenters. The van der Waals surface area contributed by atoms with Gasteiger partial charge in [0.2, 0.25) is 0 Å². The number of rotatable bonds is 3. The van der Waals surface area contributed by atoms with Crippen molar-refractivity contribution in [3.05, 3.63) is 24.2 Å². The molecule has 1 atom stereocenters. The second-order valence-corrected chi connectivity index (χ2v) is 7.38. The number of likely N-dealkylation sites (tertiary alicyclic amines) is 1. The fraction of sp³-hybridized carbons (Fsp3) is 0.722. The van der Waals surface area contributed by atoms with Gasteiger partial charge < -0.3 is 19.7 Å². The predicted molar refractivity (Wildman–Crippen MR) is 91.3 cm³/mol. The molecule has 1 saturated heterocycles. The van der Waals surface area contributed by atoms with Crippen molar-refractivity contribution >= 4 is 5.96 Å². The van der Waals surface area contributed by atoms with E-state index >= 15 is 0 Å². The molecule has 23 heavy (non-hydrogen) atoms. The molecule has 0 aromatic carbocycles. The molecule has 0 bridgehead atoms. The van der Waals surface area contributed by atoms with Crippen LogP contribution >= 0.6 is 0 Å². The van der Waals surface area contributed by atoms with Gasteiger partial charge in [-0.15, -0.1) is 0 Å². The quantitative estimate of drug-likeness (QED) is 0.664. The van der Waals surface area contributed by atoms with Crippen molar-refractivity contribution < 1.29 is 9.52 Å². The molecular weight excluding hydrogens is 290 g/mol. The molecule has 5 nitrogen and oxygen atoms in total. The molecule has 1 spiro atoms. The molecule has 2 N–H and O–H groups in total. The minimum Gasteiger partial charge on any atom is -0.466 e. The Morgan fingerprint density at radius 1 is 1.39 bits per heavy atom. The van der Waals surface area contributed by atoms with Crippen LogP contribution in [-0.4, -0.2) is 42.6 Å². The van der Waals surface area contributed by atoms with E-state index in [1.807, 2.05) is 7.05 Å². The molecule has 2 aliphatic rings. The maximum absolute atomic E-state index is 10.6. The van der Waals surface area contributed by atoms with Gasteiger partial charge >= 0.3 is 0 Å². The first-order chi connectivity index (χ1) is 11.0. The summed E-state index contributed by atoms with van der Waals surface area (Å²) in [4.78, 5) is 6.77. The van der Waals surface area contributed by atoms with Crippen LogP contribution in [0.2, 0.25) is 0 Å². The van der Waals surface area contributed by atoms with Crippen molar-refractivity contribution in [1.29, 1.82) is 0 Å². The van der Waals surface area contributed by atoms with Crippen LogP contribution in [0.3, 0.4) is 0 Å². The van der Waals surface area contributed by atoms with Crippen LogP contribution in [0, 0.1) is 5.41 Å². The summed E-state index contributed by atoms with van der Waals surface area (Å²) in [5.41, 5.74) is -0.541. The van der Waals surface area contributed by atoms with E-state index in [1.54, 1.807) is 25.3 Å². The van der Waals surface area contributed by atoms with Crippen LogP contribution in [0.15, 0.2) is 27.8 Å². The van der Waals surface area contributed by atoms with Crippen LogP contribution in [0.5, 0.6) is 0 Å². The Bertz CT molecular complexity index is 530. The lowest BCUT2D eigenvalue weighted by atomic mass is 9.73. The van der Waals surface area contributed by atoms with Gasteiger partial charge in [0, 0.05) is 20.1 Å². The lowest BCUT2D eigenvalue weighted by Crippen LogP contribution is -2.46. The van der Waals surface area contributed by atoms with E-state index in [0.29, 0.717) is 17.7 Å². The minimum atomic E-state index is -1.04. The van der Waals surface area contributed by atoms with Gasteiger partial charge in [-0.1, -0.05) is 19.3 Å². The Morgan fingerprint density at radius 3 is 2.83 bits per heavy atom. The number of nitrogens with zero attached hydrogens (tertiary/aromatic N) is 2. The maximum atomic E-state index is 10.6. The Kier molecular flexibility index (Phi) is 4.67. The monoisotopic (exact) mass is 319 g/mol. The topological polar surface area (TPSA) is 61.0 Å². The molecule has 128 valence electrons. The number of furan rings is 1. The fourth-order valence-electron chi connectivity index (χ4n) is 4.08. The molecular formula is C18H29N3O2. The number of guanidine groups is 1. The van der Waals surface area contributed by atoms with E-state index in [0.717, 1.165) is 19.0 Å². The van der Waals surface area contributed by atoms with Gasteiger partial charge in [0.15, 0.2) is 5.96 Å². The van der Waals surface area contributed by atoms with Gasteiger partial charge in [-0.2, -0.15) is 0 Å². The fourth-order valence-corrected chi connectivity index (χ4v) is 4.08. The van der Waals surface area contributed by atoms with Crippen molar-refractivity contribution in [1.82, 2.24) is 10.2 Å². The summed E-state index contributed by atoms with van der Waals surface area (Å²) in [5.74, 6) is 1.46. The number of hydrogen-bond acceptors (Lipinski definition) is 3. The first kappa shape index (κ1) is 16.4. The standard InChI is InChI=1S/C18H29N3O2/c1-17(22,15-7-6-12-23-15)13-20-16(19-2)21-11-10-18(14-21)8-4-3-5-9-18/h6-7,12,22H,3-5,8-11,13-14H2,1-2H3,(H,19,20). The summed E-state index contributed by atoms with van der Waals surface area (Å²) in [6.45, 7) is 4.30. The molecule has 3 rings (SSSR count). The number of aliphatic hydroxyl groups is 1. The third-order valence-electron chi connectivity index (χ3n) is 5.51. The van der Waals surface area contributed by atoms with Crippen LogP contribution in [0.4, 0.5) is 0 Å². The smallest absolute Gasteiger partial charge is 0.193 e. The SMILES string of the molecule is CN=C(NCC(C)(O)c1ccco1)N1CCC2(CCCCC2)C1. The highest BCUT2D eigenvalue weighted by molar-refractivity contribution is 5.80. The zero-order valence-corrected chi connectivity index (χ0v) is 14.3. The Labute approximate surface area is 138 Å². The van der Waals surface area contributed by atoms with Crippen LogP contribution in [-0.2, 0) is 5.60 Å². The largest absolute Gasteiger partial charge is 0.466 e. The molecule has 1 aromatic heterocycles. The molecule has 1 aromatic rings. The van der Waals surface area contributed by atoms with E-state index in [-0.39, 0.29) is 0 Å². The zero-order chi connectivity index (χ0) is 16.3. The number of nitrogens with one attached hydrogen (secondary N) is 1.